The van der Waals surface area contributed by atoms with Gasteiger partial charge >= 0.3 is 0 Å². The van der Waals surface area contributed by atoms with E-state index in [0.717, 1.165) is 19.5 Å². The van der Waals surface area contributed by atoms with Crippen molar-refractivity contribution in [3.8, 4) is 0 Å². The number of hydrazine groups is 1. The van der Waals surface area contributed by atoms with Crippen molar-refractivity contribution < 1.29 is 0 Å². The molecule has 0 saturated heterocycles. The number of aliphatic imine (C=N–C) groups is 1. The van der Waals surface area contributed by atoms with Crippen LogP contribution in [0.15, 0.2) is 4.99 Å². The minimum absolute atomic E-state index is 0.938. The van der Waals surface area contributed by atoms with Crippen LogP contribution < -0.4 is 5.84 Å². The first-order chi connectivity index (χ1) is 3.39. The predicted molar refractivity (Wildman–Crippen MR) is 28.9 cm³/mol. The predicted octanol–water partition coefficient (Wildman–Crippen LogP) is -0.406. The lowest BCUT2D eigenvalue weighted by Gasteiger charge is -2.14. The smallest absolute Gasteiger partial charge is 0.0990 e. The number of hydrogen-bond acceptors (Lipinski definition) is 3. The highest BCUT2D eigenvalue weighted by Crippen LogP contribution is 1.88. The maximum absolute atomic E-state index is 5.32. The maximum Gasteiger partial charge on any atom is 0.0990 e. The Morgan fingerprint density at radius 1 is 1.71 bits per heavy atom. The van der Waals surface area contributed by atoms with E-state index in [-0.39, 0.29) is 0 Å². The Bertz CT molecular complexity index is 79.0. The number of hydrogen-bond donors (Lipinski definition) is 1. The number of nitrogens with zero attached hydrogens (tertiary/aromatic N) is 2. The van der Waals surface area contributed by atoms with Gasteiger partial charge in [-0.05, 0) is 6.42 Å². The van der Waals surface area contributed by atoms with E-state index in [1.165, 1.54) is 0 Å². The highest BCUT2D eigenvalue weighted by molar-refractivity contribution is 5.54. The molecule has 0 atom stereocenters. The molecule has 0 aliphatic carbocycles. The topological polar surface area (TPSA) is 41.6 Å². The fourth-order valence-corrected chi connectivity index (χ4v) is 0.565. The number of nitrogens with two attached hydrogens (primary N) is 1. The lowest BCUT2D eigenvalue weighted by molar-refractivity contribution is 0.426. The summed E-state index contributed by atoms with van der Waals surface area (Å²) in [6.45, 7) is 1.89. The Morgan fingerprint density at radius 2 is 2.57 bits per heavy atom. The Morgan fingerprint density at radius 3 is 2.86 bits per heavy atom. The normalized spacial score (nSPS) is 20.4. The molecule has 0 fully saturated rings. The minimum atomic E-state index is 0.938. The zero-order valence-electron chi connectivity index (χ0n) is 4.17. The molecule has 3 heteroatoms. The van der Waals surface area contributed by atoms with Crippen LogP contribution in [-0.4, -0.2) is 24.4 Å². The van der Waals surface area contributed by atoms with Crippen molar-refractivity contribution in [1.29, 1.82) is 0 Å². The summed E-state index contributed by atoms with van der Waals surface area (Å²) in [4.78, 5) is 3.93. The molecular weight excluding hydrogens is 90.1 g/mol. The van der Waals surface area contributed by atoms with Gasteiger partial charge in [-0.3, -0.25) is 4.99 Å². The summed E-state index contributed by atoms with van der Waals surface area (Å²) in [6.07, 6.45) is 2.76. The molecule has 1 rings (SSSR count). The molecular formula is C4H9N3. The van der Waals surface area contributed by atoms with Gasteiger partial charge in [0.1, 0.15) is 0 Å². The molecule has 0 aromatic heterocycles. The van der Waals surface area contributed by atoms with E-state index in [4.69, 9.17) is 5.84 Å². The largest absolute Gasteiger partial charge is 0.301 e. The Balaban J connectivity index is 2.36. The summed E-state index contributed by atoms with van der Waals surface area (Å²) < 4.78 is 0. The second-order valence-corrected chi connectivity index (χ2v) is 1.61. The van der Waals surface area contributed by atoms with Crippen molar-refractivity contribution >= 4 is 6.34 Å². The molecule has 40 valence electrons. The van der Waals surface area contributed by atoms with Gasteiger partial charge in [-0.15, -0.1) is 0 Å². The van der Waals surface area contributed by atoms with Gasteiger partial charge in [-0.1, -0.05) is 0 Å². The second-order valence-electron chi connectivity index (χ2n) is 1.61. The van der Waals surface area contributed by atoms with E-state index in [0.29, 0.717) is 0 Å². The maximum atomic E-state index is 5.32. The van der Waals surface area contributed by atoms with E-state index >= 15 is 0 Å². The van der Waals surface area contributed by atoms with Crippen LogP contribution >= 0.6 is 0 Å². The van der Waals surface area contributed by atoms with Gasteiger partial charge in [0.05, 0.1) is 6.34 Å². The molecule has 7 heavy (non-hydrogen) atoms. The average molecular weight is 99.1 g/mol. The van der Waals surface area contributed by atoms with Crippen molar-refractivity contribution in [2.75, 3.05) is 13.1 Å². The molecule has 1 heterocycles. The Kier molecular flexibility index (Phi) is 1.26. The molecule has 0 amide bonds. The van der Waals surface area contributed by atoms with Crippen molar-refractivity contribution in [3.05, 3.63) is 0 Å². The van der Waals surface area contributed by atoms with Crippen LogP contribution in [0.2, 0.25) is 0 Å². The lowest BCUT2D eigenvalue weighted by Crippen LogP contribution is -2.33. The first-order valence-corrected chi connectivity index (χ1v) is 2.41. The molecule has 2 N–H and O–H groups in total. The fourth-order valence-electron chi connectivity index (χ4n) is 0.565. The summed E-state index contributed by atoms with van der Waals surface area (Å²) in [5, 5.41) is 1.60. The average Bonchev–Trinajstić information content (AvgIpc) is 1.69. The molecule has 0 spiro atoms. The fraction of sp³-hybridized carbons (Fsp3) is 0.750. The van der Waals surface area contributed by atoms with E-state index in [2.05, 4.69) is 4.99 Å². The highest BCUT2D eigenvalue weighted by atomic mass is 15.4. The highest BCUT2D eigenvalue weighted by Gasteiger charge is 1.95. The first kappa shape index (κ1) is 4.59. The Hall–Kier alpha value is -0.570. The summed E-state index contributed by atoms with van der Waals surface area (Å²) in [7, 11) is 0. The standard InChI is InChI=1S/C4H9N3/c5-7-3-1-2-6-4-7/h4H,1-3,5H2. The molecule has 0 aromatic carbocycles. The third-order valence-corrected chi connectivity index (χ3v) is 0.933. The molecule has 0 unspecified atom stereocenters. The van der Waals surface area contributed by atoms with E-state index < -0.39 is 0 Å². The van der Waals surface area contributed by atoms with E-state index in [9.17, 15) is 0 Å². The van der Waals surface area contributed by atoms with Gasteiger partial charge in [-0.25, -0.2) is 5.84 Å². The van der Waals surface area contributed by atoms with Crippen molar-refractivity contribution in [3.63, 3.8) is 0 Å². The molecule has 0 saturated carbocycles. The van der Waals surface area contributed by atoms with Gasteiger partial charge in [0.25, 0.3) is 0 Å². The monoisotopic (exact) mass is 99.1 g/mol. The zero-order chi connectivity index (χ0) is 5.11. The third-order valence-electron chi connectivity index (χ3n) is 0.933. The summed E-state index contributed by atoms with van der Waals surface area (Å²) in [6, 6.07) is 0. The van der Waals surface area contributed by atoms with Gasteiger partial charge < -0.3 is 5.01 Å². The van der Waals surface area contributed by atoms with Crippen LogP contribution in [0.1, 0.15) is 6.42 Å². The van der Waals surface area contributed by atoms with Gasteiger partial charge in [-0.2, -0.15) is 0 Å². The van der Waals surface area contributed by atoms with E-state index in [1.54, 1.807) is 11.3 Å². The summed E-state index contributed by atoms with van der Waals surface area (Å²) in [5.41, 5.74) is 0. The van der Waals surface area contributed by atoms with Crippen molar-refractivity contribution in [1.82, 2.24) is 5.01 Å². The quantitative estimate of drug-likeness (QED) is 0.420. The van der Waals surface area contributed by atoms with Crippen LogP contribution in [0.4, 0.5) is 0 Å². The van der Waals surface area contributed by atoms with Gasteiger partial charge in [0.15, 0.2) is 0 Å². The second kappa shape index (κ2) is 1.93. The lowest BCUT2D eigenvalue weighted by atomic mass is 10.4. The molecule has 3 nitrogen and oxygen atoms in total. The van der Waals surface area contributed by atoms with E-state index in [1.807, 2.05) is 0 Å². The molecule has 1 aliphatic rings. The third kappa shape index (κ3) is 1.16. The number of rotatable bonds is 0. The van der Waals surface area contributed by atoms with Crippen LogP contribution in [-0.2, 0) is 0 Å². The first-order valence-electron chi connectivity index (χ1n) is 2.41. The zero-order valence-corrected chi connectivity index (χ0v) is 4.17. The summed E-state index contributed by atoms with van der Waals surface area (Å²) >= 11 is 0. The van der Waals surface area contributed by atoms with Gasteiger partial charge in [0, 0.05) is 13.1 Å². The van der Waals surface area contributed by atoms with Crippen LogP contribution in [0.25, 0.3) is 0 Å². The van der Waals surface area contributed by atoms with Crippen LogP contribution in [0.3, 0.4) is 0 Å². The van der Waals surface area contributed by atoms with Crippen LogP contribution in [0, 0.1) is 0 Å². The molecule has 1 aliphatic heterocycles. The molecule has 0 radical (unpaired) electrons. The van der Waals surface area contributed by atoms with Crippen LogP contribution in [0.5, 0.6) is 0 Å². The van der Waals surface area contributed by atoms with Gasteiger partial charge in [0.2, 0.25) is 0 Å². The van der Waals surface area contributed by atoms with Crippen molar-refractivity contribution in [2.24, 2.45) is 10.8 Å². The minimum Gasteiger partial charge on any atom is -0.301 e. The molecule has 0 aromatic rings. The SMILES string of the molecule is NN1C=NCCC1. The summed E-state index contributed by atoms with van der Waals surface area (Å²) in [5.74, 6) is 5.32. The molecule has 0 bridgehead atoms. The Labute approximate surface area is 42.8 Å². The van der Waals surface area contributed by atoms with Crippen molar-refractivity contribution in [2.45, 2.75) is 6.42 Å².